The monoisotopic (exact) mass is 473 g/mol. The summed E-state index contributed by atoms with van der Waals surface area (Å²) in [7, 11) is 0. The van der Waals surface area contributed by atoms with Crippen molar-refractivity contribution in [2.24, 2.45) is 0 Å². The third kappa shape index (κ3) is 3.64. The van der Waals surface area contributed by atoms with Gasteiger partial charge in [0, 0.05) is 24.6 Å². The van der Waals surface area contributed by atoms with Gasteiger partial charge in [0.2, 0.25) is 0 Å². The van der Waals surface area contributed by atoms with Gasteiger partial charge in [-0.2, -0.15) is 5.10 Å². The minimum absolute atomic E-state index is 0.104. The average Bonchev–Trinajstić information content (AvgIpc) is 3.47. The molecular weight excluding hydrogens is 453 g/mol. The Morgan fingerprint density at radius 1 is 1.24 bits per heavy atom. The maximum absolute atomic E-state index is 14.0. The van der Waals surface area contributed by atoms with Crippen molar-refractivity contribution in [3.05, 3.63) is 57.2 Å². The number of benzene rings is 1. The number of ether oxygens (including phenoxy) is 1. The first-order valence-electron chi connectivity index (χ1n) is 10.5. The molecule has 2 aliphatic rings. The number of rotatable bonds is 3. The molecule has 0 aliphatic carbocycles. The minimum Gasteiger partial charge on any atom is -0.488 e. The number of hydrogen-bond donors (Lipinski definition) is 1. The smallest absolute Gasteiger partial charge is 0.407 e. The number of hydrogen-bond acceptors (Lipinski definition) is 5. The van der Waals surface area contributed by atoms with Crippen molar-refractivity contribution >= 4 is 29.2 Å². The molecule has 1 fully saturated rings. The summed E-state index contributed by atoms with van der Waals surface area (Å²) in [5.41, 5.74) is 3.94. The molecule has 9 nitrogen and oxygen atoms in total. The Balaban J connectivity index is 1.40. The second-order valence-corrected chi connectivity index (χ2v) is 8.69. The lowest BCUT2D eigenvalue weighted by Gasteiger charge is -2.20. The van der Waals surface area contributed by atoms with Crippen molar-refractivity contribution in [2.75, 3.05) is 13.1 Å². The SMILES string of the molecule is Cc1nc2c3c(nn2c(C)c1Cl)CN(C(=O)c1ccc(F)cc1O[C@@H]1CCN(C(=O)O)C1)C3. The molecule has 0 radical (unpaired) electrons. The molecule has 0 saturated carbocycles. The van der Waals surface area contributed by atoms with E-state index in [1.165, 1.54) is 23.1 Å². The van der Waals surface area contributed by atoms with Crippen LogP contribution in [0.2, 0.25) is 5.02 Å². The molecule has 2 aliphatic heterocycles. The normalized spacial score (nSPS) is 17.6. The number of aromatic nitrogens is 3. The van der Waals surface area contributed by atoms with E-state index in [0.29, 0.717) is 35.9 Å². The van der Waals surface area contributed by atoms with E-state index in [-0.39, 0.29) is 30.3 Å². The third-order valence-corrected chi connectivity index (χ3v) is 6.67. The van der Waals surface area contributed by atoms with Crippen LogP contribution in [0.3, 0.4) is 0 Å². The Labute approximate surface area is 193 Å². The van der Waals surface area contributed by atoms with Crippen molar-refractivity contribution in [1.82, 2.24) is 24.4 Å². The molecule has 0 bridgehead atoms. The molecule has 1 aromatic carbocycles. The van der Waals surface area contributed by atoms with E-state index in [4.69, 9.17) is 21.4 Å². The Bertz CT molecular complexity index is 1310. The van der Waals surface area contributed by atoms with E-state index < -0.39 is 18.0 Å². The van der Waals surface area contributed by atoms with Crippen molar-refractivity contribution in [1.29, 1.82) is 0 Å². The fourth-order valence-corrected chi connectivity index (χ4v) is 4.50. The van der Waals surface area contributed by atoms with Gasteiger partial charge in [0.05, 0.1) is 47.3 Å². The van der Waals surface area contributed by atoms with Crippen molar-refractivity contribution in [3.8, 4) is 5.75 Å². The highest BCUT2D eigenvalue weighted by molar-refractivity contribution is 6.31. The van der Waals surface area contributed by atoms with Gasteiger partial charge in [-0.1, -0.05) is 11.6 Å². The number of likely N-dealkylation sites (tertiary alicyclic amines) is 1. The van der Waals surface area contributed by atoms with Crippen LogP contribution in [-0.2, 0) is 13.1 Å². The number of carboxylic acid groups (broad SMARTS) is 1. The van der Waals surface area contributed by atoms with Crippen LogP contribution in [0.15, 0.2) is 18.2 Å². The van der Waals surface area contributed by atoms with Gasteiger partial charge in [-0.05, 0) is 26.0 Å². The molecule has 172 valence electrons. The van der Waals surface area contributed by atoms with E-state index in [1.54, 1.807) is 9.42 Å². The minimum atomic E-state index is -1.03. The van der Waals surface area contributed by atoms with Gasteiger partial charge in [0.1, 0.15) is 17.7 Å². The molecule has 11 heteroatoms. The Morgan fingerprint density at radius 3 is 2.76 bits per heavy atom. The van der Waals surface area contributed by atoms with Crippen molar-refractivity contribution in [3.63, 3.8) is 0 Å². The van der Waals surface area contributed by atoms with Gasteiger partial charge in [-0.3, -0.25) is 4.79 Å². The molecule has 0 unspecified atom stereocenters. The lowest BCUT2D eigenvalue weighted by atomic mass is 10.1. The van der Waals surface area contributed by atoms with Crippen LogP contribution in [0.1, 0.15) is 39.4 Å². The van der Waals surface area contributed by atoms with Gasteiger partial charge < -0.3 is 19.6 Å². The summed E-state index contributed by atoms with van der Waals surface area (Å²) < 4.78 is 21.6. The molecule has 1 N–H and O–H groups in total. The number of amides is 2. The largest absolute Gasteiger partial charge is 0.488 e. The Morgan fingerprint density at radius 2 is 2.03 bits per heavy atom. The zero-order valence-corrected chi connectivity index (χ0v) is 18.8. The summed E-state index contributed by atoms with van der Waals surface area (Å²) in [6.07, 6.45) is -1.01. The van der Waals surface area contributed by atoms with E-state index in [2.05, 4.69) is 10.1 Å². The highest BCUT2D eigenvalue weighted by atomic mass is 35.5. The van der Waals surface area contributed by atoms with Gasteiger partial charge in [0.25, 0.3) is 5.91 Å². The van der Waals surface area contributed by atoms with Crippen LogP contribution >= 0.6 is 11.6 Å². The van der Waals surface area contributed by atoms with Crippen LogP contribution in [0.25, 0.3) is 5.65 Å². The first kappa shape index (κ1) is 21.4. The lowest BCUT2D eigenvalue weighted by molar-refractivity contribution is 0.0741. The predicted molar refractivity (Wildman–Crippen MR) is 116 cm³/mol. The second kappa shape index (κ2) is 7.87. The number of nitrogens with zero attached hydrogens (tertiary/aromatic N) is 5. The zero-order valence-electron chi connectivity index (χ0n) is 18.0. The van der Waals surface area contributed by atoms with Crippen molar-refractivity contribution in [2.45, 2.75) is 39.5 Å². The zero-order chi connectivity index (χ0) is 23.4. The fraction of sp³-hybridized carbons (Fsp3) is 0.364. The lowest BCUT2D eigenvalue weighted by Crippen LogP contribution is -2.30. The third-order valence-electron chi connectivity index (χ3n) is 6.13. The number of aryl methyl sites for hydroxylation is 2. The van der Waals surface area contributed by atoms with E-state index in [9.17, 15) is 14.0 Å². The van der Waals surface area contributed by atoms with Crippen LogP contribution in [0, 0.1) is 19.7 Å². The molecule has 1 saturated heterocycles. The van der Waals surface area contributed by atoms with Gasteiger partial charge in [-0.15, -0.1) is 0 Å². The molecule has 2 amide bonds. The van der Waals surface area contributed by atoms with Crippen molar-refractivity contribution < 1.29 is 23.8 Å². The molecule has 33 heavy (non-hydrogen) atoms. The summed E-state index contributed by atoms with van der Waals surface area (Å²) in [6.45, 7) is 4.77. The maximum atomic E-state index is 14.0. The number of carbonyl (C=O) groups excluding carboxylic acids is 1. The quantitative estimate of drug-likeness (QED) is 0.625. The van der Waals surface area contributed by atoms with Gasteiger partial charge in [-0.25, -0.2) is 18.7 Å². The van der Waals surface area contributed by atoms with Crippen LogP contribution < -0.4 is 4.74 Å². The summed E-state index contributed by atoms with van der Waals surface area (Å²) in [5, 5.41) is 14.3. The summed E-state index contributed by atoms with van der Waals surface area (Å²) in [5.74, 6) is -0.756. The number of fused-ring (bicyclic) bond motifs is 3. The first-order valence-corrected chi connectivity index (χ1v) is 10.9. The summed E-state index contributed by atoms with van der Waals surface area (Å²) in [6, 6.07) is 3.77. The second-order valence-electron chi connectivity index (χ2n) is 8.32. The average molecular weight is 474 g/mol. The molecule has 3 aromatic rings. The first-order chi connectivity index (χ1) is 15.7. The number of halogens is 2. The highest BCUT2D eigenvalue weighted by Crippen LogP contribution is 2.32. The van der Waals surface area contributed by atoms with Crippen LogP contribution in [0.4, 0.5) is 9.18 Å². The van der Waals surface area contributed by atoms with Crippen LogP contribution in [0.5, 0.6) is 5.75 Å². The van der Waals surface area contributed by atoms with E-state index in [1.807, 2.05) is 13.8 Å². The summed E-state index contributed by atoms with van der Waals surface area (Å²) in [4.78, 5) is 31.9. The summed E-state index contributed by atoms with van der Waals surface area (Å²) >= 11 is 6.30. The number of carbonyl (C=O) groups is 2. The Kier molecular flexibility index (Phi) is 5.12. The molecule has 1 atom stereocenters. The highest BCUT2D eigenvalue weighted by Gasteiger charge is 2.33. The van der Waals surface area contributed by atoms with E-state index in [0.717, 1.165) is 17.0 Å². The van der Waals surface area contributed by atoms with Gasteiger partial charge in [0.15, 0.2) is 5.65 Å². The van der Waals surface area contributed by atoms with Gasteiger partial charge >= 0.3 is 6.09 Å². The maximum Gasteiger partial charge on any atom is 0.407 e. The topological polar surface area (TPSA) is 100 Å². The Hall–Kier alpha value is -3.40. The molecule has 4 heterocycles. The molecular formula is C22H21ClFN5O4. The fourth-order valence-electron chi connectivity index (χ4n) is 4.38. The molecule has 0 spiro atoms. The molecule has 5 rings (SSSR count). The molecule has 2 aromatic heterocycles. The van der Waals surface area contributed by atoms with Crippen LogP contribution in [-0.4, -0.2) is 60.7 Å². The van der Waals surface area contributed by atoms with E-state index >= 15 is 0 Å². The standard InChI is InChI=1S/C22H21ClFN5O4/c1-11-19(23)12(2)29-20(25-11)16-9-28(10-17(16)26-29)21(30)15-4-3-13(24)7-18(15)33-14-5-6-27(8-14)22(31)32/h3-4,7,14H,5-6,8-10H2,1-2H3,(H,31,32)/t14-/m1/s1. The predicted octanol–water partition coefficient (Wildman–Crippen LogP) is 3.43.